The highest BCUT2D eigenvalue weighted by Crippen LogP contribution is 2.47. The van der Waals surface area contributed by atoms with Crippen molar-refractivity contribution >= 4 is 34.9 Å². The molecular weight excluding hydrogens is 348 g/mol. The number of rotatable bonds is 5. The molecule has 1 fully saturated rings. The highest BCUT2D eigenvalue weighted by atomic mass is 32.1. The Bertz CT molecular complexity index is 768. The fraction of sp³-hybridized carbons (Fsp3) is 0.438. The van der Waals surface area contributed by atoms with Crippen LogP contribution in [0.2, 0.25) is 0 Å². The van der Waals surface area contributed by atoms with Crippen molar-refractivity contribution in [1.82, 2.24) is 10.2 Å². The van der Waals surface area contributed by atoms with Gasteiger partial charge in [-0.05, 0) is 24.8 Å². The number of thiophene rings is 1. The third kappa shape index (κ3) is 2.89. The van der Waals surface area contributed by atoms with Crippen LogP contribution in [0.25, 0.3) is 5.57 Å². The van der Waals surface area contributed by atoms with Crippen molar-refractivity contribution in [2.24, 2.45) is 5.92 Å². The van der Waals surface area contributed by atoms with Gasteiger partial charge in [-0.15, -0.1) is 11.3 Å². The Labute approximate surface area is 147 Å². The standard InChI is InChI=1S/C16H18N2O6S/c1-7(19)12-10-4-9(13(15(21)22)18(10)14(12)20)11-3-8(6-25-11)5-24-16(23)17-2/h3,6-7,10,12,19H,4-5H2,1-2H3,(H,17,23)(H,21,22)/t7-,10-,12-/m1/s1. The second-order valence-electron chi connectivity index (χ2n) is 6.02. The Morgan fingerprint density at radius 3 is 2.84 bits per heavy atom. The average Bonchev–Trinajstić information content (AvgIpc) is 3.14. The molecule has 1 aromatic heterocycles. The molecule has 2 aliphatic heterocycles. The van der Waals surface area contributed by atoms with E-state index < -0.39 is 24.1 Å². The zero-order valence-corrected chi connectivity index (χ0v) is 14.5. The summed E-state index contributed by atoms with van der Waals surface area (Å²) >= 11 is 1.34. The van der Waals surface area contributed by atoms with E-state index in [-0.39, 0.29) is 24.3 Å². The molecule has 134 valence electrons. The Morgan fingerprint density at radius 2 is 2.24 bits per heavy atom. The van der Waals surface area contributed by atoms with Gasteiger partial charge in [-0.3, -0.25) is 4.79 Å². The van der Waals surface area contributed by atoms with E-state index >= 15 is 0 Å². The maximum Gasteiger partial charge on any atom is 0.407 e. The number of carbonyl (C=O) groups excluding carboxylic acids is 2. The van der Waals surface area contributed by atoms with Gasteiger partial charge < -0.3 is 25.2 Å². The van der Waals surface area contributed by atoms with Crippen LogP contribution in [0, 0.1) is 5.92 Å². The smallest absolute Gasteiger partial charge is 0.407 e. The average molecular weight is 366 g/mol. The first kappa shape index (κ1) is 17.4. The first-order valence-corrected chi connectivity index (χ1v) is 8.63. The molecule has 25 heavy (non-hydrogen) atoms. The molecule has 0 radical (unpaired) electrons. The van der Waals surface area contributed by atoms with Gasteiger partial charge in [-0.1, -0.05) is 0 Å². The van der Waals surface area contributed by atoms with E-state index in [4.69, 9.17) is 4.74 Å². The largest absolute Gasteiger partial charge is 0.477 e. The quantitative estimate of drug-likeness (QED) is 0.670. The summed E-state index contributed by atoms with van der Waals surface area (Å²) in [6.07, 6.45) is -0.976. The Kier molecular flexibility index (Phi) is 4.53. The van der Waals surface area contributed by atoms with Crippen LogP contribution < -0.4 is 5.32 Å². The summed E-state index contributed by atoms with van der Waals surface area (Å²) in [5.74, 6) is -2.08. The molecule has 9 heteroatoms. The second-order valence-corrected chi connectivity index (χ2v) is 6.93. The van der Waals surface area contributed by atoms with Crippen molar-refractivity contribution in [1.29, 1.82) is 0 Å². The zero-order chi connectivity index (χ0) is 18.3. The lowest BCUT2D eigenvalue weighted by Gasteiger charge is -2.44. The normalized spacial score (nSPS) is 23.2. The molecule has 3 N–H and O–H groups in total. The molecular formula is C16H18N2O6S. The van der Waals surface area contributed by atoms with E-state index in [0.717, 1.165) is 10.4 Å². The van der Waals surface area contributed by atoms with Crippen LogP contribution in [0.1, 0.15) is 23.8 Å². The highest BCUT2D eigenvalue weighted by Gasteiger charge is 2.56. The number of amides is 2. The number of aliphatic hydroxyl groups excluding tert-OH is 1. The van der Waals surface area contributed by atoms with Crippen molar-refractivity contribution in [2.75, 3.05) is 7.05 Å². The van der Waals surface area contributed by atoms with Crippen LogP contribution in [0.4, 0.5) is 4.79 Å². The van der Waals surface area contributed by atoms with E-state index in [0.29, 0.717) is 12.0 Å². The molecule has 0 aliphatic carbocycles. The van der Waals surface area contributed by atoms with Crippen LogP contribution in [0.15, 0.2) is 17.1 Å². The lowest BCUT2D eigenvalue weighted by atomic mass is 9.83. The van der Waals surface area contributed by atoms with Gasteiger partial charge in [0, 0.05) is 23.1 Å². The van der Waals surface area contributed by atoms with Crippen molar-refractivity contribution in [3.05, 3.63) is 27.6 Å². The maximum atomic E-state index is 12.2. The van der Waals surface area contributed by atoms with Crippen LogP contribution in [0.5, 0.6) is 0 Å². The SMILES string of the molecule is CNC(=O)OCc1csc(C2=C(C(=O)O)N3C(=O)[C@H]([C@@H](C)O)[C@H]3C2)c1. The molecule has 2 aliphatic rings. The number of nitrogens with zero attached hydrogens (tertiary/aromatic N) is 1. The number of ether oxygens (including phenoxy) is 1. The van der Waals surface area contributed by atoms with Crippen molar-refractivity contribution < 1.29 is 29.3 Å². The molecule has 3 heterocycles. The van der Waals surface area contributed by atoms with E-state index in [9.17, 15) is 24.6 Å². The number of fused-ring (bicyclic) bond motifs is 1. The molecule has 3 atom stereocenters. The van der Waals surface area contributed by atoms with E-state index in [1.807, 2.05) is 0 Å². The van der Waals surface area contributed by atoms with Gasteiger partial charge in [0.05, 0.1) is 18.1 Å². The summed E-state index contributed by atoms with van der Waals surface area (Å²) in [5.41, 5.74) is 1.30. The lowest BCUT2D eigenvalue weighted by Crippen LogP contribution is -2.61. The predicted molar refractivity (Wildman–Crippen MR) is 88.5 cm³/mol. The van der Waals surface area contributed by atoms with E-state index in [2.05, 4.69) is 5.32 Å². The topological polar surface area (TPSA) is 116 Å². The van der Waals surface area contributed by atoms with Crippen molar-refractivity contribution in [3.63, 3.8) is 0 Å². The minimum atomic E-state index is -1.16. The van der Waals surface area contributed by atoms with E-state index in [1.54, 1.807) is 11.4 Å². The number of carboxylic acid groups (broad SMARTS) is 1. The molecule has 0 saturated carbocycles. The molecule has 3 rings (SSSR count). The number of hydrogen-bond donors (Lipinski definition) is 3. The van der Waals surface area contributed by atoms with Crippen molar-refractivity contribution in [2.45, 2.75) is 32.1 Å². The number of aliphatic hydroxyl groups is 1. The molecule has 8 nitrogen and oxygen atoms in total. The Hall–Kier alpha value is -2.39. The second kappa shape index (κ2) is 6.49. The van der Waals surface area contributed by atoms with Gasteiger partial charge in [0.25, 0.3) is 0 Å². The third-order valence-electron chi connectivity index (χ3n) is 4.46. The maximum absolute atomic E-state index is 12.2. The minimum absolute atomic E-state index is 0.0208. The summed E-state index contributed by atoms with van der Waals surface area (Å²) < 4.78 is 4.97. The summed E-state index contributed by atoms with van der Waals surface area (Å²) in [7, 11) is 1.46. The number of hydrogen-bond acceptors (Lipinski definition) is 6. The Balaban J connectivity index is 1.84. The first-order chi connectivity index (χ1) is 11.8. The Morgan fingerprint density at radius 1 is 1.52 bits per heavy atom. The van der Waals surface area contributed by atoms with E-state index in [1.165, 1.54) is 30.2 Å². The number of carbonyl (C=O) groups is 3. The summed E-state index contributed by atoms with van der Waals surface area (Å²) in [6.45, 7) is 1.62. The minimum Gasteiger partial charge on any atom is -0.477 e. The molecule has 1 saturated heterocycles. The van der Waals surface area contributed by atoms with Gasteiger partial charge in [0.1, 0.15) is 12.3 Å². The zero-order valence-electron chi connectivity index (χ0n) is 13.7. The highest BCUT2D eigenvalue weighted by molar-refractivity contribution is 7.11. The van der Waals surface area contributed by atoms with Crippen LogP contribution in [0.3, 0.4) is 0 Å². The number of β-lactam (4-membered cyclic amide) rings is 1. The fourth-order valence-electron chi connectivity index (χ4n) is 3.32. The van der Waals surface area contributed by atoms with Crippen LogP contribution in [-0.4, -0.2) is 52.3 Å². The van der Waals surface area contributed by atoms with Crippen LogP contribution >= 0.6 is 11.3 Å². The molecule has 0 bridgehead atoms. The monoisotopic (exact) mass is 366 g/mol. The first-order valence-electron chi connectivity index (χ1n) is 7.75. The summed E-state index contributed by atoms with van der Waals surface area (Å²) in [5, 5.41) is 23.4. The van der Waals surface area contributed by atoms with Gasteiger partial charge in [0.15, 0.2) is 0 Å². The van der Waals surface area contributed by atoms with Gasteiger partial charge in [-0.25, -0.2) is 9.59 Å². The fourth-order valence-corrected chi connectivity index (χ4v) is 4.28. The third-order valence-corrected chi connectivity index (χ3v) is 5.50. The van der Waals surface area contributed by atoms with Gasteiger partial charge in [-0.2, -0.15) is 0 Å². The van der Waals surface area contributed by atoms with Gasteiger partial charge >= 0.3 is 12.1 Å². The van der Waals surface area contributed by atoms with Crippen LogP contribution in [-0.2, 0) is 20.9 Å². The number of carboxylic acids is 1. The lowest BCUT2D eigenvalue weighted by molar-refractivity contribution is -0.161. The summed E-state index contributed by atoms with van der Waals surface area (Å²) in [4.78, 5) is 37.0. The predicted octanol–water partition coefficient (Wildman–Crippen LogP) is 1.01. The molecule has 1 aromatic rings. The van der Waals surface area contributed by atoms with Gasteiger partial charge in [0.2, 0.25) is 5.91 Å². The molecule has 0 aromatic carbocycles. The molecule has 0 unspecified atom stereocenters. The molecule has 2 amide bonds. The number of alkyl carbamates (subject to hydrolysis) is 1. The molecule has 0 spiro atoms. The van der Waals surface area contributed by atoms with Crippen molar-refractivity contribution in [3.8, 4) is 0 Å². The number of aliphatic carboxylic acids is 1. The summed E-state index contributed by atoms with van der Waals surface area (Å²) in [6, 6.07) is 1.45. The number of nitrogens with one attached hydrogen (secondary N) is 1.